The lowest BCUT2D eigenvalue weighted by molar-refractivity contribution is -0.0790. The van der Waals surface area contributed by atoms with Gasteiger partial charge in [-0.1, -0.05) is 31.9 Å². The molecule has 0 aliphatic heterocycles. The maximum absolute atomic E-state index is 15.1. The zero-order chi connectivity index (χ0) is 29.0. The van der Waals surface area contributed by atoms with Crippen molar-refractivity contribution < 1.29 is 35.1 Å². The van der Waals surface area contributed by atoms with Crippen LogP contribution in [-0.2, 0) is 12.8 Å². The van der Waals surface area contributed by atoms with Gasteiger partial charge < -0.3 is 0 Å². The summed E-state index contributed by atoms with van der Waals surface area (Å²) < 4.78 is 110. The zero-order valence-corrected chi connectivity index (χ0v) is 22.0. The molecule has 0 saturated heterocycles. The topological polar surface area (TPSA) is 0 Å². The van der Waals surface area contributed by atoms with E-state index in [1.807, 2.05) is 6.07 Å². The van der Waals surface area contributed by atoms with Crippen LogP contribution in [0.2, 0.25) is 0 Å². The van der Waals surface area contributed by atoms with Gasteiger partial charge in [0.15, 0.2) is 0 Å². The minimum absolute atomic E-state index is 0.0207. The third-order valence-corrected chi connectivity index (χ3v) is 7.70. The first kappa shape index (κ1) is 29.8. The molecular formula is C32H30F8. The number of halogens is 8. The molecule has 4 rings (SSSR count). The minimum atomic E-state index is -4.74. The Labute approximate surface area is 228 Å². The zero-order valence-electron chi connectivity index (χ0n) is 22.0. The second-order valence-electron chi connectivity index (χ2n) is 10.5. The maximum Gasteiger partial charge on any atom is 0.409 e. The largest absolute Gasteiger partial charge is 0.409 e. The van der Waals surface area contributed by atoms with E-state index in [-0.39, 0.29) is 53.2 Å². The fourth-order valence-electron chi connectivity index (χ4n) is 5.60. The van der Waals surface area contributed by atoms with Crippen molar-refractivity contribution in [1.82, 2.24) is 0 Å². The standard InChI is InChI=1S/C32H30F8/c1-2-3-19-4-7-21(8-5-19)22-9-11-24(29(35)16-22)23-17-30(36)25(31(37)18-23)10-6-20-14-27(33)26(28(34)15-20)12-13-32(38,39)40/h9,11-19,21H,2-8,10H2,1H3/b13-12+. The van der Waals surface area contributed by atoms with Crippen LogP contribution in [0.15, 0.2) is 48.5 Å². The first-order valence-electron chi connectivity index (χ1n) is 13.5. The highest BCUT2D eigenvalue weighted by Gasteiger charge is 2.24. The second kappa shape index (κ2) is 12.6. The summed E-state index contributed by atoms with van der Waals surface area (Å²) in [6, 6.07) is 8.51. The summed E-state index contributed by atoms with van der Waals surface area (Å²) in [4.78, 5) is 0. The van der Waals surface area contributed by atoms with Gasteiger partial charge in [-0.2, -0.15) is 13.2 Å². The average Bonchev–Trinajstić information content (AvgIpc) is 2.87. The molecule has 0 spiro atoms. The molecule has 0 nitrogen and oxygen atoms in total. The molecule has 0 atom stereocenters. The first-order valence-corrected chi connectivity index (χ1v) is 13.5. The third kappa shape index (κ3) is 7.32. The Bertz CT molecular complexity index is 1320. The Balaban J connectivity index is 1.47. The first-order chi connectivity index (χ1) is 18.9. The Kier molecular flexibility index (Phi) is 9.37. The molecule has 0 heterocycles. The lowest BCUT2D eigenvalue weighted by Crippen LogP contribution is -2.13. The van der Waals surface area contributed by atoms with Crippen molar-refractivity contribution in [2.45, 2.75) is 70.4 Å². The van der Waals surface area contributed by atoms with E-state index in [0.717, 1.165) is 61.9 Å². The van der Waals surface area contributed by atoms with E-state index in [0.29, 0.717) is 5.92 Å². The average molecular weight is 567 g/mol. The lowest BCUT2D eigenvalue weighted by Gasteiger charge is -2.28. The molecule has 0 radical (unpaired) electrons. The van der Waals surface area contributed by atoms with Crippen molar-refractivity contribution in [3.05, 3.63) is 99.9 Å². The van der Waals surface area contributed by atoms with Crippen LogP contribution in [0.5, 0.6) is 0 Å². The number of alkyl halides is 3. The van der Waals surface area contributed by atoms with Gasteiger partial charge >= 0.3 is 6.18 Å². The Hall–Kier alpha value is -3.16. The number of hydrogen-bond acceptors (Lipinski definition) is 0. The van der Waals surface area contributed by atoms with Crippen LogP contribution in [0.3, 0.4) is 0 Å². The summed E-state index contributed by atoms with van der Waals surface area (Å²) in [7, 11) is 0. The molecule has 0 bridgehead atoms. The molecule has 3 aromatic carbocycles. The van der Waals surface area contributed by atoms with Gasteiger partial charge in [-0.05, 0) is 103 Å². The van der Waals surface area contributed by atoms with E-state index in [4.69, 9.17) is 0 Å². The van der Waals surface area contributed by atoms with Crippen molar-refractivity contribution in [2.75, 3.05) is 0 Å². The van der Waals surface area contributed by atoms with E-state index < -0.39 is 40.8 Å². The van der Waals surface area contributed by atoms with Crippen molar-refractivity contribution >= 4 is 6.08 Å². The van der Waals surface area contributed by atoms with Crippen molar-refractivity contribution in [3.8, 4) is 11.1 Å². The van der Waals surface area contributed by atoms with E-state index in [1.165, 1.54) is 18.6 Å². The van der Waals surface area contributed by atoms with E-state index in [1.54, 1.807) is 0 Å². The van der Waals surface area contributed by atoms with Gasteiger partial charge in [-0.25, -0.2) is 22.0 Å². The minimum Gasteiger partial charge on any atom is -0.207 e. The van der Waals surface area contributed by atoms with E-state index in [2.05, 4.69) is 6.92 Å². The number of aryl methyl sites for hydroxylation is 1. The van der Waals surface area contributed by atoms with Gasteiger partial charge in [-0.15, -0.1) is 0 Å². The van der Waals surface area contributed by atoms with Crippen LogP contribution >= 0.6 is 0 Å². The molecule has 0 aromatic heterocycles. The Morgan fingerprint density at radius 3 is 1.93 bits per heavy atom. The molecule has 8 heteroatoms. The second-order valence-corrected chi connectivity index (χ2v) is 10.5. The van der Waals surface area contributed by atoms with Gasteiger partial charge in [0.25, 0.3) is 0 Å². The summed E-state index contributed by atoms with van der Waals surface area (Å²) in [5, 5.41) is 0. The summed E-state index contributed by atoms with van der Waals surface area (Å²) in [6.45, 7) is 2.17. The summed E-state index contributed by atoms with van der Waals surface area (Å²) in [6.07, 6.45) is 1.38. The van der Waals surface area contributed by atoms with Crippen LogP contribution in [0.1, 0.15) is 73.6 Å². The highest BCUT2D eigenvalue weighted by atomic mass is 19.4. The van der Waals surface area contributed by atoms with Crippen LogP contribution in [0.25, 0.3) is 17.2 Å². The third-order valence-electron chi connectivity index (χ3n) is 7.70. The molecule has 1 fully saturated rings. The smallest absolute Gasteiger partial charge is 0.207 e. The molecule has 40 heavy (non-hydrogen) atoms. The van der Waals surface area contributed by atoms with Gasteiger partial charge in [-0.3, -0.25) is 0 Å². The van der Waals surface area contributed by atoms with E-state index >= 15 is 4.39 Å². The quantitative estimate of drug-likeness (QED) is 0.238. The molecule has 1 aliphatic rings. The Morgan fingerprint density at radius 1 is 0.750 bits per heavy atom. The number of allylic oxidation sites excluding steroid dienone is 1. The summed E-state index contributed by atoms with van der Waals surface area (Å²) in [5.74, 6) is -3.90. The highest BCUT2D eigenvalue weighted by molar-refractivity contribution is 5.65. The van der Waals surface area contributed by atoms with Crippen LogP contribution in [0.4, 0.5) is 35.1 Å². The van der Waals surface area contributed by atoms with Crippen molar-refractivity contribution in [1.29, 1.82) is 0 Å². The molecule has 0 amide bonds. The predicted molar refractivity (Wildman–Crippen MR) is 140 cm³/mol. The van der Waals surface area contributed by atoms with Gasteiger partial charge in [0.1, 0.15) is 29.1 Å². The molecule has 1 saturated carbocycles. The fraction of sp³-hybridized carbons (Fsp3) is 0.375. The Morgan fingerprint density at radius 2 is 1.38 bits per heavy atom. The molecule has 1 aliphatic carbocycles. The summed E-state index contributed by atoms with van der Waals surface area (Å²) >= 11 is 0. The molecule has 0 N–H and O–H groups in total. The number of benzene rings is 3. The summed E-state index contributed by atoms with van der Waals surface area (Å²) in [5.41, 5.74) is -0.196. The van der Waals surface area contributed by atoms with Crippen LogP contribution in [0, 0.1) is 35.0 Å². The maximum atomic E-state index is 15.1. The molecular weight excluding hydrogens is 536 g/mol. The van der Waals surface area contributed by atoms with Crippen molar-refractivity contribution in [2.24, 2.45) is 5.92 Å². The molecule has 214 valence electrons. The van der Waals surface area contributed by atoms with Crippen LogP contribution in [-0.4, -0.2) is 6.18 Å². The highest BCUT2D eigenvalue weighted by Crippen LogP contribution is 2.39. The lowest BCUT2D eigenvalue weighted by atomic mass is 9.77. The van der Waals surface area contributed by atoms with Gasteiger partial charge in [0, 0.05) is 22.8 Å². The SMILES string of the molecule is CCCC1CCC(c2ccc(-c3cc(F)c(CCc4cc(F)c(/C=C/C(F)(F)F)c(F)c4)c(F)c3)c(F)c2)CC1. The monoisotopic (exact) mass is 566 g/mol. The fourth-order valence-corrected chi connectivity index (χ4v) is 5.60. The van der Waals surface area contributed by atoms with Crippen LogP contribution < -0.4 is 0 Å². The predicted octanol–water partition coefficient (Wildman–Crippen LogP) is 10.5. The number of rotatable bonds is 8. The number of hydrogen-bond donors (Lipinski definition) is 0. The van der Waals surface area contributed by atoms with E-state index in [9.17, 15) is 30.7 Å². The molecule has 0 unspecified atom stereocenters. The van der Waals surface area contributed by atoms with Gasteiger partial charge in [0.05, 0.1) is 0 Å². The van der Waals surface area contributed by atoms with Crippen molar-refractivity contribution in [3.63, 3.8) is 0 Å². The van der Waals surface area contributed by atoms with Gasteiger partial charge in [0.2, 0.25) is 0 Å². The normalized spacial score (nSPS) is 18.0. The molecule has 3 aromatic rings.